The zero-order valence-electron chi connectivity index (χ0n) is 16.4. The molecule has 0 unspecified atom stereocenters. The maximum atomic E-state index is 12.2. The summed E-state index contributed by atoms with van der Waals surface area (Å²) in [5.41, 5.74) is 0.972. The van der Waals surface area contributed by atoms with Gasteiger partial charge in [0.15, 0.2) is 0 Å². The van der Waals surface area contributed by atoms with Crippen LogP contribution in [0.25, 0.3) is 0 Å². The first-order valence-corrected chi connectivity index (χ1v) is 9.01. The summed E-state index contributed by atoms with van der Waals surface area (Å²) in [6.07, 6.45) is 0. The van der Waals surface area contributed by atoms with Crippen LogP contribution in [0.1, 0.15) is 38.8 Å². The smallest absolute Gasteiger partial charge is 0.246 e. The summed E-state index contributed by atoms with van der Waals surface area (Å²) in [4.78, 5) is 24.3. The van der Waals surface area contributed by atoms with Crippen molar-refractivity contribution in [3.05, 3.63) is 71.8 Å². The third-order valence-corrected chi connectivity index (χ3v) is 4.36. The lowest BCUT2D eigenvalue weighted by atomic mass is 9.94. The summed E-state index contributed by atoms with van der Waals surface area (Å²) in [5, 5.41) is 5.85. The van der Waals surface area contributed by atoms with Crippen molar-refractivity contribution in [2.24, 2.45) is 0 Å². The van der Waals surface area contributed by atoms with Crippen LogP contribution in [0.3, 0.4) is 0 Å². The molecule has 2 aromatic rings. The molecule has 0 saturated heterocycles. The monoisotopic (exact) mass is 368 g/mol. The fourth-order valence-electron chi connectivity index (χ4n) is 2.86. The maximum absolute atomic E-state index is 12.2. The van der Waals surface area contributed by atoms with E-state index in [4.69, 9.17) is 4.74 Å². The standard InChI is InChI=1S/C22H28N2O3/c1-21(2,17-11-7-5-8-12-17)23-19(25)15-27-16-20(26)24-22(3,4)18-13-9-6-10-14-18/h5-14H,15-16H2,1-4H3,(H,23,25)(H,24,26). The fraction of sp³-hybridized carbons (Fsp3) is 0.364. The average molecular weight is 368 g/mol. The van der Waals surface area contributed by atoms with E-state index in [1.54, 1.807) is 0 Å². The van der Waals surface area contributed by atoms with Gasteiger partial charge in [-0.2, -0.15) is 0 Å². The van der Waals surface area contributed by atoms with Crippen molar-refractivity contribution in [3.63, 3.8) is 0 Å². The van der Waals surface area contributed by atoms with Gasteiger partial charge in [-0.3, -0.25) is 9.59 Å². The summed E-state index contributed by atoms with van der Waals surface area (Å²) < 4.78 is 5.30. The molecule has 0 aliphatic heterocycles. The van der Waals surface area contributed by atoms with Crippen LogP contribution < -0.4 is 10.6 Å². The van der Waals surface area contributed by atoms with E-state index in [2.05, 4.69) is 10.6 Å². The quantitative estimate of drug-likeness (QED) is 0.752. The largest absolute Gasteiger partial charge is 0.362 e. The van der Waals surface area contributed by atoms with Crippen LogP contribution in [0.2, 0.25) is 0 Å². The van der Waals surface area contributed by atoms with Crippen LogP contribution in [0, 0.1) is 0 Å². The Hall–Kier alpha value is -2.66. The predicted octanol–water partition coefficient (Wildman–Crippen LogP) is 3.11. The summed E-state index contributed by atoms with van der Waals surface area (Å²) in [7, 11) is 0. The van der Waals surface area contributed by atoms with Crippen LogP contribution in [0.5, 0.6) is 0 Å². The molecule has 5 heteroatoms. The highest BCUT2D eigenvalue weighted by atomic mass is 16.5. The number of carbonyl (C=O) groups is 2. The summed E-state index contributed by atoms with van der Waals surface area (Å²) in [5.74, 6) is -0.530. The second-order valence-corrected chi connectivity index (χ2v) is 7.57. The van der Waals surface area contributed by atoms with Crippen LogP contribution in [0.15, 0.2) is 60.7 Å². The molecule has 2 aromatic carbocycles. The van der Waals surface area contributed by atoms with E-state index < -0.39 is 11.1 Å². The summed E-state index contributed by atoms with van der Waals surface area (Å²) in [6, 6.07) is 19.4. The van der Waals surface area contributed by atoms with Gasteiger partial charge in [0.25, 0.3) is 0 Å². The Bertz CT molecular complexity index is 690. The van der Waals surface area contributed by atoms with Crippen molar-refractivity contribution in [3.8, 4) is 0 Å². The van der Waals surface area contributed by atoms with Crippen LogP contribution in [0.4, 0.5) is 0 Å². The molecule has 0 aliphatic rings. The molecule has 2 rings (SSSR count). The number of hydrogen-bond acceptors (Lipinski definition) is 3. The zero-order valence-corrected chi connectivity index (χ0v) is 16.4. The molecule has 2 amide bonds. The van der Waals surface area contributed by atoms with Gasteiger partial charge < -0.3 is 15.4 Å². The van der Waals surface area contributed by atoms with Gasteiger partial charge in [-0.05, 0) is 38.8 Å². The predicted molar refractivity (Wildman–Crippen MR) is 106 cm³/mol. The van der Waals surface area contributed by atoms with Crippen LogP contribution in [-0.2, 0) is 25.4 Å². The molecule has 2 N–H and O–H groups in total. The number of nitrogens with one attached hydrogen (secondary N) is 2. The average Bonchev–Trinajstić information content (AvgIpc) is 2.62. The molecule has 144 valence electrons. The maximum Gasteiger partial charge on any atom is 0.246 e. The minimum Gasteiger partial charge on any atom is -0.362 e. The zero-order chi connectivity index (χ0) is 19.9. The second kappa shape index (κ2) is 8.82. The third-order valence-electron chi connectivity index (χ3n) is 4.36. The van der Waals surface area contributed by atoms with Gasteiger partial charge in [0.2, 0.25) is 11.8 Å². The van der Waals surface area contributed by atoms with Crippen LogP contribution >= 0.6 is 0 Å². The lowest BCUT2D eigenvalue weighted by Crippen LogP contribution is -2.44. The molecule has 0 bridgehead atoms. The molecular formula is C22H28N2O3. The van der Waals surface area contributed by atoms with Gasteiger partial charge in [0, 0.05) is 0 Å². The molecule has 5 nitrogen and oxygen atoms in total. The van der Waals surface area contributed by atoms with E-state index in [-0.39, 0.29) is 25.0 Å². The highest BCUT2D eigenvalue weighted by Gasteiger charge is 2.24. The number of ether oxygens (including phenoxy) is 1. The molecular weight excluding hydrogens is 340 g/mol. The summed E-state index contributed by atoms with van der Waals surface area (Å²) >= 11 is 0. The Kier molecular flexibility index (Phi) is 6.75. The third kappa shape index (κ3) is 6.22. The Balaban J connectivity index is 1.78. The fourth-order valence-corrected chi connectivity index (χ4v) is 2.86. The number of rotatable bonds is 8. The Morgan fingerprint density at radius 3 is 1.37 bits per heavy atom. The Morgan fingerprint density at radius 2 is 1.04 bits per heavy atom. The lowest BCUT2D eigenvalue weighted by molar-refractivity contribution is -0.132. The molecule has 0 atom stereocenters. The van der Waals surface area contributed by atoms with Crippen molar-refractivity contribution in [2.45, 2.75) is 38.8 Å². The van der Waals surface area contributed by atoms with Crippen molar-refractivity contribution < 1.29 is 14.3 Å². The normalized spacial score (nSPS) is 11.7. The minimum atomic E-state index is -0.515. The van der Waals surface area contributed by atoms with Crippen molar-refractivity contribution in [1.29, 1.82) is 0 Å². The summed E-state index contributed by atoms with van der Waals surface area (Å²) in [6.45, 7) is 7.36. The second-order valence-electron chi connectivity index (χ2n) is 7.57. The van der Waals surface area contributed by atoms with Crippen molar-refractivity contribution in [2.75, 3.05) is 13.2 Å². The molecule has 0 saturated carbocycles. The number of carbonyl (C=O) groups excluding carboxylic acids is 2. The van der Waals surface area contributed by atoms with E-state index in [1.807, 2.05) is 88.4 Å². The van der Waals surface area contributed by atoms with Crippen molar-refractivity contribution in [1.82, 2.24) is 10.6 Å². The first kappa shape index (κ1) is 20.6. The first-order chi connectivity index (χ1) is 12.7. The van der Waals surface area contributed by atoms with E-state index in [1.165, 1.54) is 0 Å². The molecule has 0 aromatic heterocycles. The van der Waals surface area contributed by atoms with Crippen molar-refractivity contribution >= 4 is 11.8 Å². The highest BCUT2D eigenvalue weighted by molar-refractivity contribution is 5.80. The van der Waals surface area contributed by atoms with Gasteiger partial charge in [0.1, 0.15) is 13.2 Å². The number of hydrogen-bond donors (Lipinski definition) is 2. The Labute approximate surface area is 161 Å². The lowest BCUT2D eigenvalue weighted by Gasteiger charge is -2.27. The van der Waals surface area contributed by atoms with E-state index in [0.29, 0.717) is 0 Å². The van der Waals surface area contributed by atoms with Gasteiger partial charge >= 0.3 is 0 Å². The molecule has 0 heterocycles. The van der Waals surface area contributed by atoms with E-state index >= 15 is 0 Å². The van der Waals surface area contributed by atoms with Gasteiger partial charge in [-0.25, -0.2) is 0 Å². The first-order valence-electron chi connectivity index (χ1n) is 9.01. The Morgan fingerprint density at radius 1 is 0.704 bits per heavy atom. The van der Waals surface area contributed by atoms with E-state index in [0.717, 1.165) is 11.1 Å². The SMILES string of the molecule is CC(C)(NC(=O)COCC(=O)NC(C)(C)c1ccccc1)c1ccccc1. The minimum absolute atomic E-state index is 0.171. The molecule has 0 spiro atoms. The molecule has 0 fully saturated rings. The van der Waals surface area contributed by atoms with E-state index in [9.17, 15) is 9.59 Å². The van der Waals surface area contributed by atoms with Crippen LogP contribution in [-0.4, -0.2) is 25.0 Å². The highest BCUT2D eigenvalue weighted by Crippen LogP contribution is 2.20. The molecule has 0 radical (unpaired) electrons. The number of amides is 2. The molecule has 0 aliphatic carbocycles. The number of benzene rings is 2. The van der Waals surface area contributed by atoms with Gasteiger partial charge in [-0.15, -0.1) is 0 Å². The van der Waals surface area contributed by atoms with Gasteiger partial charge in [0.05, 0.1) is 11.1 Å². The molecule has 27 heavy (non-hydrogen) atoms. The topological polar surface area (TPSA) is 67.4 Å². The van der Waals surface area contributed by atoms with Gasteiger partial charge in [-0.1, -0.05) is 60.7 Å².